The molecular formula is C19H16FN3O2S. The Morgan fingerprint density at radius 1 is 1.12 bits per heavy atom. The number of thiazole rings is 1. The van der Waals surface area contributed by atoms with Gasteiger partial charge in [-0.05, 0) is 36.8 Å². The highest BCUT2D eigenvalue weighted by molar-refractivity contribution is 7.14. The number of carbonyl (C=O) groups is 2. The standard InChI is InChI=1S/C19H16FN3O2S/c1-12-7-8-16(15(20)9-12)22-17(24)10-14-11-26-19(21-14)23-18(25)13-5-3-2-4-6-13/h2-9,11H,10H2,1H3,(H,22,24)(H,21,23,25). The van der Waals surface area contributed by atoms with Gasteiger partial charge in [0.15, 0.2) is 5.13 Å². The Hall–Kier alpha value is -3.06. The number of anilines is 2. The van der Waals surface area contributed by atoms with Crippen molar-refractivity contribution in [2.75, 3.05) is 10.6 Å². The van der Waals surface area contributed by atoms with E-state index in [0.29, 0.717) is 16.4 Å². The molecule has 0 atom stereocenters. The first-order valence-corrected chi connectivity index (χ1v) is 8.76. The van der Waals surface area contributed by atoms with Crippen LogP contribution in [0.2, 0.25) is 0 Å². The van der Waals surface area contributed by atoms with E-state index in [1.54, 1.807) is 42.6 Å². The Bertz CT molecular complexity index is 941. The van der Waals surface area contributed by atoms with Gasteiger partial charge in [0.2, 0.25) is 5.91 Å². The van der Waals surface area contributed by atoms with Gasteiger partial charge in [-0.2, -0.15) is 0 Å². The average Bonchev–Trinajstić information content (AvgIpc) is 3.05. The van der Waals surface area contributed by atoms with Crippen molar-refractivity contribution in [3.8, 4) is 0 Å². The zero-order valence-electron chi connectivity index (χ0n) is 14.0. The molecule has 132 valence electrons. The molecule has 0 spiro atoms. The molecule has 1 heterocycles. The Labute approximate surface area is 153 Å². The van der Waals surface area contributed by atoms with E-state index in [4.69, 9.17) is 0 Å². The van der Waals surface area contributed by atoms with Gasteiger partial charge in [-0.1, -0.05) is 24.3 Å². The van der Waals surface area contributed by atoms with Crippen LogP contribution >= 0.6 is 11.3 Å². The number of benzene rings is 2. The molecule has 5 nitrogen and oxygen atoms in total. The van der Waals surface area contributed by atoms with Gasteiger partial charge in [0.05, 0.1) is 17.8 Å². The number of aryl methyl sites for hydroxylation is 1. The van der Waals surface area contributed by atoms with E-state index in [2.05, 4.69) is 15.6 Å². The molecule has 2 aromatic carbocycles. The van der Waals surface area contributed by atoms with Crippen LogP contribution in [0.3, 0.4) is 0 Å². The molecule has 3 rings (SSSR count). The van der Waals surface area contributed by atoms with Gasteiger partial charge in [0.1, 0.15) is 5.82 Å². The van der Waals surface area contributed by atoms with E-state index in [9.17, 15) is 14.0 Å². The Morgan fingerprint density at radius 2 is 1.88 bits per heavy atom. The number of rotatable bonds is 5. The number of aromatic nitrogens is 1. The Kier molecular flexibility index (Phi) is 5.38. The zero-order chi connectivity index (χ0) is 18.5. The van der Waals surface area contributed by atoms with Crippen molar-refractivity contribution < 1.29 is 14.0 Å². The molecule has 0 aliphatic heterocycles. The van der Waals surface area contributed by atoms with Gasteiger partial charge in [0, 0.05) is 10.9 Å². The number of hydrogen-bond acceptors (Lipinski definition) is 4. The van der Waals surface area contributed by atoms with E-state index in [0.717, 1.165) is 5.56 Å². The van der Waals surface area contributed by atoms with Gasteiger partial charge < -0.3 is 5.32 Å². The number of nitrogens with zero attached hydrogens (tertiary/aromatic N) is 1. The van der Waals surface area contributed by atoms with Crippen LogP contribution in [-0.4, -0.2) is 16.8 Å². The number of carbonyl (C=O) groups excluding carboxylic acids is 2. The SMILES string of the molecule is Cc1ccc(NC(=O)Cc2csc(NC(=O)c3ccccc3)n2)c(F)c1. The quantitative estimate of drug-likeness (QED) is 0.713. The van der Waals surface area contributed by atoms with E-state index < -0.39 is 5.82 Å². The molecule has 0 bridgehead atoms. The fraction of sp³-hybridized carbons (Fsp3) is 0.105. The first kappa shape index (κ1) is 17.8. The summed E-state index contributed by atoms with van der Waals surface area (Å²) in [5.41, 5.74) is 1.94. The molecule has 0 saturated heterocycles. The fourth-order valence-electron chi connectivity index (χ4n) is 2.28. The maximum atomic E-state index is 13.8. The van der Waals surface area contributed by atoms with Gasteiger partial charge in [-0.3, -0.25) is 14.9 Å². The molecular weight excluding hydrogens is 353 g/mol. The largest absolute Gasteiger partial charge is 0.323 e. The van der Waals surface area contributed by atoms with Crippen LogP contribution in [0, 0.1) is 12.7 Å². The highest BCUT2D eigenvalue weighted by atomic mass is 32.1. The lowest BCUT2D eigenvalue weighted by atomic mass is 10.2. The van der Waals surface area contributed by atoms with Crippen molar-refractivity contribution in [1.29, 1.82) is 0 Å². The summed E-state index contributed by atoms with van der Waals surface area (Å²) in [5.74, 6) is -1.12. The number of amides is 2. The summed E-state index contributed by atoms with van der Waals surface area (Å²) in [6.45, 7) is 1.77. The van der Waals surface area contributed by atoms with Crippen molar-refractivity contribution in [3.05, 3.63) is 76.5 Å². The number of hydrogen-bond donors (Lipinski definition) is 2. The van der Waals surface area contributed by atoms with Crippen molar-refractivity contribution in [2.45, 2.75) is 13.3 Å². The van der Waals surface area contributed by atoms with Crippen LogP contribution in [0.25, 0.3) is 0 Å². The smallest absolute Gasteiger partial charge is 0.257 e. The van der Waals surface area contributed by atoms with Gasteiger partial charge >= 0.3 is 0 Å². The second kappa shape index (κ2) is 7.88. The molecule has 1 aromatic heterocycles. The topological polar surface area (TPSA) is 71.1 Å². The predicted molar refractivity (Wildman–Crippen MR) is 100.0 cm³/mol. The molecule has 0 radical (unpaired) electrons. The van der Waals surface area contributed by atoms with Gasteiger partial charge in [-0.15, -0.1) is 11.3 Å². The van der Waals surface area contributed by atoms with Crippen LogP contribution in [0.1, 0.15) is 21.6 Å². The molecule has 26 heavy (non-hydrogen) atoms. The molecule has 0 fully saturated rings. The average molecular weight is 369 g/mol. The van der Waals surface area contributed by atoms with Crippen LogP contribution in [0.5, 0.6) is 0 Å². The highest BCUT2D eigenvalue weighted by Gasteiger charge is 2.12. The second-order valence-corrected chi connectivity index (χ2v) is 6.53. The van der Waals surface area contributed by atoms with Crippen LogP contribution in [-0.2, 0) is 11.2 Å². The van der Waals surface area contributed by atoms with Crippen LogP contribution in [0.4, 0.5) is 15.2 Å². The summed E-state index contributed by atoms with van der Waals surface area (Å²) in [6, 6.07) is 13.4. The van der Waals surface area contributed by atoms with Crippen LogP contribution < -0.4 is 10.6 Å². The normalized spacial score (nSPS) is 10.4. The minimum atomic E-state index is -0.479. The molecule has 0 aliphatic carbocycles. The first-order valence-electron chi connectivity index (χ1n) is 7.88. The second-order valence-electron chi connectivity index (χ2n) is 5.67. The highest BCUT2D eigenvalue weighted by Crippen LogP contribution is 2.19. The van der Waals surface area contributed by atoms with Crippen LogP contribution in [0.15, 0.2) is 53.9 Å². The lowest BCUT2D eigenvalue weighted by molar-refractivity contribution is -0.115. The molecule has 2 amide bonds. The lowest BCUT2D eigenvalue weighted by Crippen LogP contribution is -2.16. The maximum Gasteiger partial charge on any atom is 0.257 e. The minimum absolute atomic E-state index is 0.00890. The Balaban J connectivity index is 1.59. The summed E-state index contributed by atoms with van der Waals surface area (Å²) in [4.78, 5) is 28.4. The van der Waals surface area contributed by atoms with Crippen molar-refractivity contribution in [1.82, 2.24) is 4.98 Å². The van der Waals surface area contributed by atoms with Gasteiger partial charge in [0.25, 0.3) is 5.91 Å². The molecule has 3 aromatic rings. The predicted octanol–water partition coefficient (Wildman–Crippen LogP) is 4.02. The summed E-state index contributed by atoms with van der Waals surface area (Å²) in [7, 11) is 0. The van der Waals surface area contributed by atoms with Gasteiger partial charge in [-0.25, -0.2) is 9.37 Å². The van der Waals surface area contributed by atoms with E-state index in [1.807, 2.05) is 6.07 Å². The third kappa shape index (κ3) is 4.52. The van der Waals surface area contributed by atoms with Crippen molar-refractivity contribution >= 4 is 34.0 Å². The summed E-state index contributed by atoms with van der Waals surface area (Å²) >= 11 is 1.23. The summed E-state index contributed by atoms with van der Waals surface area (Å²) in [5, 5.41) is 7.31. The number of halogens is 1. The molecule has 7 heteroatoms. The molecule has 2 N–H and O–H groups in total. The zero-order valence-corrected chi connectivity index (χ0v) is 14.8. The Morgan fingerprint density at radius 3 is 2.62 bits per heavy atom. The van der Waals surface area contributed by atoms with Crippen molar-refractivity contribution in [3.63, 3.8) is 0 Å². The summed E-state index contributed by atoms with van der Waals surface area (Å²) in [6.07, 6.45) is -0.00890. The monoisotopic (exact) mass is 369 g/mol. The fourth-order valence-corrected chi connectivity index (χ4v) is 2.99. The third-order valence-electron chi connectivity index (χ3n) is 3.55. The van der Waals surface area contributed by atoms with E-state index >= 15 is 0 Å². The van der Waals surface area contributed by atoms with Crippen molar-refractivity contribution in [2.24, 2.45) is 0 Å². The lowest BCUT2D eigenvalue weighted by Gasteiger charge is -2.06. The minimum Gasteiger partial charge on any atom is -0.323 e. The maximum absolute atomic E-state index is 13.8. The first-order chi connectivity index (χ1) is 12.5. The molecule has 0 aliphatic rings. The number of nitrogens with one attached hydrogen (secondary N) is 2. The van der Waals surface area contributed by atoms with E-state index in [1.165, 1.54) is 23.5 Å². The molecule has 0 saturated carbocycles. The van der Waals surface area contributed by atoms with E-state index in [-0.39, 0.29) is 23.9 Å². The summed E-state index contributed by atoms with van der Waals surface area (Å²) < 4.78 is 13.8. The third-order valence-corrected chi connectivity index (χ3v) is 4.36. The molecule has 0 unspecified atom stereocenters.